The zero-order valence-corrected chi connectivity index (χ0v) is 20.5. The van der Waals surface area contributed by atoms with Crippen LogP contribution in [-0.4, -0.2) is 56.9 Å². The molecule has 0 aliphatic carbocycles. The Bertz CT molecular complexity index is 1370. The van der Waals surface area contributed by atoms with Crippen molar-refractivity contribution in [3.8, 4) is 22.5 Å². The van der Waals surface area contributed by atoms with Gasteiger partial charge in [-0.05, 0) is 37.3 Å². The van der Waals surface area contributed by atoms with E-state index in [1.54, 1.807) is 24.7 Å². The van der Waals surface area contributed by atoms with Gasteiger partial charge in [0.05, 0.1) is 16.9 Å². The van der Waals surface area contributed by atoms with Crippen molar-refractivity contribution < 1.29 is 4.79 Å². The maximum absolute atomic E-state index is 12.9. The number of hydrogen-bond acceptors (Lipinski definition) is 6. The van der Waals surface area contributed by atoms with E-state index in [9.17, 15) is 4.79 Å². The number of amides is 1. The Labute approximate surface area is 213 Å². The molecule has 0 radical (unpaired) electrons. The molecule has 0 saturated carbocycles. The number of nitrogens with zero attached hydrogens (tertiary/aromatic N) is 6. The average Bonchev–Trinajstić information content (AvgIpc) is 2.89. The molecular formula is C26H22Cl2N6O. The first-order chi connectivity index (χ1) is 17.0. The molecule has 0 spiro atoms. The number of rotatable bonds is 4. The van der Waals surface area contributed by atoms with Gasteiger partial charge in [0, 0.05) is 60.4 Å². The summed E-state index contributed by atoms with van der Waals surface area (Å²) < 4.78 is 0. The number of piperazine rings is 1. The largest absolute Gasteiger partial charge is 0.352 e. The van der Waals surface area contributed by atoms with Crippen molar-refractivity contribution >= 4 is 34.9 Å². The Morgan fingerprint density at radius 3 is 2.37 bits per heavy atom. The number of aromatic nitrogens is 4. The fraction of sp³-hybridized carbons (Fsp3) is 0.192. The molecule has 1 fully saturated rings. The van der Waals surface area contributed by atoms with E-state index in [1.807, 2.05) is 54.3 Å². The van der Waals surface area contributed by atoms with Gasteiger partial charge in [0.2, 0.25) is 0 Å². The lowest BCUT2D eigenvalue weighted by atomic mass is 10.0. The van der Waals surface area contributed by atoms with Gasteiger partial charge in [-0.1, -0.05) is 41.4 Å². The molecular weight excluding hydrogens is 483 g/mol. The first kappa shape index (κ1) is 23.2. The molecule has 0 unspecified atom stereocenters. The molecule has 5 rings (SSSR count). The Morgan fingerprint density at radius 2 is 1.66 bits per heavy atom. The van der Waals surface area contributed by atoms with Crippen molar-refractivity contribution in [1.29, 1.82) is 0 Å². The molecule has 35 heavy (non-hydrogen) atoms. The molecule has 0 atom stereocenters. The lowest BCUT2D eigenvalue weighted by molar-refractivity contribution is 0.0740. The van der Waals surface area contributed by atoms with Crippen LogP contribution in [0.3, 0.4) is 0 Å². The minimum absolute atomic E-state index is 0.0539. The molecule has 3 aromatic heterocycles. The first-order valence-electron chi connectivity index (χ1n) is 11.2. The standard InChI is InChI=1S/C26H22Cl2N6O/c1-17-3-2-4-22(31-17)26(35)34-13-11-33(12-14-34)23-16-30-24(18-5-7-19(27)8-6-18)25(32-23)20-9-10-29-15-21(20)28/h2-10,15-16H,11-14H2,1H3. The Balaban J connectivity index is 1.42. The third-order valence-electron chi connectivity index (χ3n) is 5.90. The summed E-state index contributed by atoms with van der Waals surface area (Å²) in [5.74, 6) is 0.674. The topological polar surface area (TPSA) is 75.1 Å². The maximum Gasteiger partial charge on any atom is 0.272 e. The highest BCUT2D eigenvalue weighted by Gasteiger charge is 2.25. The van der Waals surface area contributed by atoms with Crippen molar-refractivity contribution in [2.24, 2.45) is 0 Å². The van der Waals surface area contributed by atoms with Gasteiger partial charge in [0.25, 0.3) is 5.91 Å². The van der Waals surface area contributed by atoms with E-state index in [0.717, 1.165) is 22.6 Å². The van der Waals surface area contributed by atoms with Gasteiger partial charge < -0.3 is 9.80 Å². The van der Waals surface area contributed by atoms with Crippen LogP contribution in [0, 0.1) is 6.92 Å². The Hall–Kier alpha value is -3.55. The van der Waals surface area contributed by atoms with Crippen molar-refractivity contribution in [2.45, 2.75) is 6.92 Å². The van der Waals surface area contributed by atoms with E-state index in [-0.39, 0.29) is 5.91 Å². The summed E-state index contributed by atoms with van der Waals surface area (Å²) in [7, 11) is 0. The maximum atomic E-state index is 12.9. The highest BCUT2D eigenvalue weighted by atomic mass is 35.5. The van der Waals surface area contributed by atoms with Crippen LogP contribution < -0.4 is 4.90 Å². The molecule has 1 aliphatic heterocycles. The second kappa shape index (κ2) is 9.98. The van der Waals surface area contributed by atoms with Gasteiger partial charge in [-0.25, -0.2) is 9.97 Å². The zero-order valence-electron chi connectivity index (χ0n) is 19.0. The average molecular weight is 505 g/mol. The Kier molecular flexibility index (Phi) is 6.61. The third-order valence-corrected chi connectivity index (χ3v) is 6.46. The van der Waals surface area contributed by atoms with Crippen LogP contribution in [-0.2, 0) is 0 Å². The molecule has 1 amide bonds. The fourth-order valence-electron chi connectivity index (χ4n) is 4.07. The van der Waals surface area contributed by atoms with Crippen LogP contribution >= 0.6 is 23.2 Å². The second-order valence-electron chi connectivity index (χ2n) is 8.23. The monoisotopic (exact) mass is 504 g/mol. The minimum atomic E-state index is -0.0539. The highest BCUT2D eigenvalue weighted by molar-refractivity contribution is 6.33. The Morgan fingerprint density at radius 1 is 0.886 bits per heavy atom. The van der Waals surface area contributed by atoms with Gasteiger partial charge in [0.15, 0.2) is 0 Å². The summed E-state index contributed by atoms with van der Waals surface area (Å²) in [5, 5.41) is 1.14. The first-order valence-corrected chi connectivity index (χ1v) is 12.0. The van der Waals surface area contributed by atoms with Crippen LogP contribution in [0.25, 0.3) is 22.5 Å². The summed E-state index contributed by atoms with van der Waals surface area (Å²) in [6, 6.07) is 14.8. The molecule has 176 valence electrons. The summed E-state index contributed by atoms with van der Waals surface area (Å²) in [4.78, 5) is 35.0. The zero-order chi connectivity index (χ0) is 24.4. The number of anilines is 1. The van der Waals surface area contributed by atoms with Gasteiger partial charge in [-0.3, -0.25) is 14.8 Å². The smallest absolute Gasteiger partial charge is 0.272 e. The van der Waals surface area contributed by atoms with Crippen molar-refractivity contribution in [3.63, 3.8) is 0 Å². The quantitative estimate of drug-likeness (QED) is 0.381. The summed E-state index contributed by atoms with van der Waals surface area (Å²) in [6.45, 7) is 4.29. The van der Waals surface area contributed by atoms with E-state index < -0.39 is 0 Å². The van der Waals surface area contributed by atoms with Crippen LogP contribution in [0.15, 0.2) is 67.1 Å². The van der Waals surface area contributed by atoms with Crippen LogP contribution in [0.2, 0.25) is 10.0 Å². The molecule has 0 bridgehead atoms. The van der Waals surface area contributed by atoms with Crippen LogP contribution in [0.5, 0.6) is 0 Å². The van der Waals surface area contributed by atoms with Gasteiger partial charge in [-0.15, -0.1) is 0 Å². The molecule has 7 nitrogen and oxygen atoms in total. The highest BCUT2D eigenvalue weighted by Crippen LogP contribution is 2.34. The van der Waals surface area contributed by atoms with E-state index in [4.69, 9.17) is 33.2 Å². The minimum Gasteiger partial charge on any atom is -0.352 e. The number of pyridine rings is 2. The second-order valence-corrected chi connectivity index (χ2v) is 9.07. The lowest BCUT2D eigenvalue weighted by Gasteiger charge is -2.35. The van der Waals surface area contributed by atoms with E-state index in [1.165, 1.54) is 0 Å². The summed E-state index contributed by atoms with van der Waals surface area (Å²) >= 11 is 12.6. The molecule has 9 heteroatoms. The number of hydrogen-bond donors (Lipinski definition) is 0. The van der Waals surface area contributed by atoms with Crippen LogP contribution in [0.1, 0.15) is 16.2 Å². The predicted octanol–water partition coefficient (Wildman–Crippen LogP) is 5.18. The molecule has 0 N–H and O–H groups in total. The van der Waals surface area contributed by atoms with Crippen molar-refractivity contribution in [3.05, 3.63) is 88.6 Å². The van der Waals surface area contributed by atoms with Crippen molar-refractivity contribution in [1.82, 2.24) is 24.8 Å². The number of carbonyl (C=O) groups excluding carboxylic acids is 1. The van der Waals surface area contributed by atoms with Gasteiger partial charge in [-0.2, -0.15) is 0 Å². The number of aryl methyl sites for hydroxylation is 1. The normalized spacial score (nSPS) is 13.7. The van der Waals surface area contributed by atoms with Gasteiger partial charge in [0.1, 0.15) is 17.2 Å². The molecule has 1 saturated heterocycles. The molecule has 4 heterocycles. The number of carbonyl (C=O) groups is 1. The van der Waals surface area contributed by atoms with E-state index >= 15 is 0 Å². The predicted molar refractivity (Wildman–Crippen MR) is 138 cm³/mol. The summed E-state index contributed by atoms with van der Waals surface area (Å²) in [5.41, 5.74) is 4.31. The molecule has 1 aromatic carbocycles. The third kappa shape index (κ3) is 4.97. The number of benzene rings is 1. The number of halogens is 2. The summed E-state index contributed by atoms with van der Waals surface area (Å²) in [6.07, 6.45) is 5.05. The molecule has 4 aromatic rings. The fourth-order valence-corrected chi connectivity index (χ4v) is 4.40. The van der Waals surface area contributed by atoms with Crippen molar-refractivity contribution in [2.75, 3.05) is 31.1 Å². The lowest BCUT2D eigenvalue weighted by Crippen LogP contribution is -2.49. The van der Waals surface area contributed by atoms with Gasteiger partial charge >= 0.3 is 0 Å². The van der Waals surface area contributed by atoms with E-state index in [2.05, 4.69) is 14.9 Å². The van der Waals surface area contributed by atoms with Crippen LogP contribution in [0.4, 0.5) is 5.82 Å². The molecule has 1 aliphatic rings. The van der Waals surface area contributed by atoms with E-state index in [0.29, 0.717) is 53.3 Å². The SMILES string of the molecule is Cc1cccc(C(=O)N2CCN(c3cnc(-c4ccc(Cl)cc4)c(-c4ccncc4Cl)n3)CC2)n1.